The summed E-state index contributed by atoms with van der Waals surface area (Å²) in [5.41, 5.74) is 6.01. The molecule has 2 aromatic carbocycles. The first kappa shape index (κ1) is 23.3. The lowest BCUT2D eigenvalue weighted by molar-refractivity contribution is 0.247. The second-order valence-corrected chi connectivity index (χ2v) is 8.97. The molecule has 0 saturated carbocycles. The van der Waals surface area contributed by atoms with Gasteiger partial charge in [0.2, 0.25) is 0 Å². The number of nitrogens with zero attached hydrogens (tertiary/aromatic N) is 7. The molecule has 0 aliphatic carbocycles. The van der Waals surface area contributed by atoms with Gasteiger partial charge in [0.15, 0.2) is 0 Å². The van der Waals surface area contributed by atoms with Crippen molar-refractivity contribution in [2.75, 3.05) is 6.54 Å². The number of hydrogen-bond acceptors (Lipinski definition) is 6. The van der Waals surface area contributed by atoms with Crippen LogP contribution in [0.15, 0.2) is 85.3 Å². The number of rotatable bonds is 9. The summed E-state index contributed by atoms with van der Waals surface area (Å²) in [6, 6.07) is 26.9. The molecule has 7 nitrogen and oxygen atoms in total. The Morgan fingerprint density at radius 1 is 0.917 bits per heavy atom. The van der Waals surface area contributed by atoms with Gasteiger partial charge in [-0.15, -0.1) is 10.2 Å². The molecule has 0 amide bonds. The van der Waals surface area contributed by atoms with Crippen molar-refractivity contribution in [1.29, 1.82) is 5.26 Å². The maximum Gasteiger partial charge on any atom is 0.147 e. The molecule has 178 valence electrons. The summed E-state index contributed by atoms with van der Waals surface area (Å²) in [4.78, 5) is 11.7. The first-order valence-electron chi connectivity index (χ1n) is 12.0. The van der Waals surface area contributed by atoms with E-state index in [2.05, 4.69) is 81.6 Å². The van der Waals surface area contributed by atoms with Gasteiger partial charge >= 0.3 is 0 Å². The summed E-state index contributed by atoms with van der Waals surface area (Å²) >= 11 is 0. The SMILES string of the molecule is Cc1ccc(CCN(Cc2ccc3ccccc3n2)Cc2nncn2Cc2ccc(C#N)cn2)cc1. The minimum atomic E-state index is 0.549. The summed E-state index contributed by atoms with van der Waals surface area (Å²) in [6.07, 6.45) is 4.26. The van der Waals surface area contributed by atoms with Gasteiger partial charge in [0.25, 0.3) is 0 Å². The van der Waals surface area contributed by atoms with Gasteiger partial charge in [-0.2, -0.15) is 5.26 Å². The van der Waals surface area contributed by atoms with E-state index in [1.54, 1.807) is 18.6 Å². The Hall–Kier alpha value is -4.41. The van der Waals surface area contributed by atoms with Crippen molar-refractivity contribution < 1.29 is 0 Å². The van der Waals surface area contributed by atoms with Crippen LogP contribution < -0.4 is 0 Å². The molecule has 5 aromatic rings. The number of nitriles is 1. The lowest BCUT2D eigenvalue weighted by atomic mass is 10.1. The van der Waals surface area contributed by atoms with Crippen LogP contribution in [-0.4, -0.2) is 36.2 Å². The highest BCUT2D eigenvalue weighted by Crippen LogP contribution is 2.15. The van der Waals surface area contributed by atoms with Crippen molar-refractivity contribution in [2.45, 2.75) is 33.0 Å². The normalized spacial score (nSPS) is 11.1. The summed E-state index contributed by atoms with van der Waals surface area (Å²) in [5.74, 6) is 0.867. The standard InChI is InChI=1S/C29H27N7/c1-22-6-8-23(9-7-22)14-15-35(18-27-13-11-25-4-2-3-5-28(25)33-27)20-29-34-32-21-36(29)19-26-12-10-24(16-30)17-31-26/h2-13,17,21H,14-15,18-20H2,1H3. The van der Waals surface area contributed by atoms with E-state index in [0.717, 1.165) is 41.1 Å². The molecule has 36 heavy (non-hydrogen) atoms. The molecule has 7 heteroatoms. The molecule has 5 rings (SSSR count). The predicted octanol–water partition coefficient (Wildman–Crippen LogP) is 4.69. The van der Waals surface area contributed by atoms with Gasteiger partial charge in [-0.3, -0.25) is 14.9 Å². The number of aryl methyl sites for hydroxylation is 1. The summed E-state index contributed by atoms with van der Waals surface area (Å²) < 4.78 is 2.01. The van der Waals surface area contributed by atoms with Gasteiger partial charge in [0, 0.05) is 24.7 Å². The van der Waals surface area contributed by atoms with E-state index in [-0.39, 0.29) is 0 Å². The zero-order valence-electron chi connectivity index (χ0n) is 20.2. The van der Waals surface area contributed by atoms with Crippen molar-refractivity contribution in [3.05, 3.63) is 119 Å². The molecular weight excluding hydrogens is 446 g/mol. The van der Waals surface area contributed by atoms with E-state index >= 15 is 0 Å². The zero-order chi connectivity index (χ0) is 24.7. The molecule has 0 aliphatic heterocycles. The molecule has 0 aliphatic rings. The fourth-order valence-electron chi connectivity index (χ4n) is 4.17. The van der Waals surface area contributed by atoms with Crippen LogP contribution in [0.1, 0.15) is 33.9 Å². The molecule has 0 radical (unpaired) electrons. The topological polar surface area (TPSA) is 83.5 Å². The second kappa shape index (κ2) is 10.9. The number of fused-ring (bicyclic) bond motifs is 1. The van der Waals surface area contributed by atoms with Crippen LogP contribution in [-0.2, 0) is 26.1 Å². The van der Waals surface area contributed by atoms with Gasteiger partial charge in [-0.25, -0.2) is 0 Å². The van der Waals surface area contributed by atoms with Crippen LogP contribution in [0.5, 0.6) is 0 Å². The Balaban J connectivity index is 1.35. The molecule has 0 N–H and O–H groups in total. The highest BCUT2D eigenvalue weighted by Gasteiger charge is 2.14. The third-order valence-corrected chi connectivity index (χ3v) is 6.23. The Morgan fingerprint density at radius 3 is 2.56 bits per heavy atom. The predicted molar refractivity (Wildman–Crippen MR) is 139 cm³/mol. The average Bonchev–Trinajstić information content (AvgIpc) is 3.34. The van der Waals surface area contributed by atoms with E-state index in [0.29, 0.717) is 25.2 Å². The Bertz CT molecular complexity index is 1480. The Kier molecular flexibility index (Phi) is 7.06. The monoisotopic (exact) mass is 473 g/mol. The van der Waals surface area contributed by atoms with Crippen molar-refractivity contribution in [1.82, 2.24) is 29.6 Å². The quantitative estimate of drug-likeness (QED) is 0.309. The van der Waals surface area contributed by atoms with Crippen LogP contribution >= 0.6 is 0 Å². The summed E-state index contributed by atoms with van der Waals surface area (Å²) in [6.45, 7) is 4.86. The van der Waals surface area contributed by atoms with Crippen LogP contribution in [0.4, 0.5) is 0 Å². The Labute approximate surface area is 210 Å². The zero-order valence-corrected chi connectivity index (χ0v) is 20.2. The lowest BCUT2D eigenvalue weighted by Gasteiger charge is -2.22. The van der Waals surface area contributed by atoms with E-state index in [1.165, 1.54) is 11.1 Å². The maximum absolute atomic E-state index is 9.03. The van der Waals surface area contributed by atoms with Gasteiger partial charge in [0.1, 0.15) is 18.2 Å². The summed E-state index contributed by atoms with van der Waals surface area (Å²) in [5, 5.41) is 18.8. The van der Waals surface area contributed by atoms with E-state index in [9.17, 15) is 0 Å². The fourth-order valence-corrected chi connectivity index (χ4v) is 4.17. The maximum atomic E-state index is 9.03. The third kappa shape index (κ3) is 5.80. The minimum Gasteiger partial charge on any atom is -0.310 e. The first-order chi connectivity index (χ1) is 17.7. The molecule has 0 spiro atoms. The van der Waals surface area contributed by atoms with Crippen molar-refractivity contribution in [3.63, 3.8) is 0 Å². The minimum absolute atomic E-state index is 0.549. The van der Waals surface area contributed by atoms with E-state index < -0.39 is 0 Å². The smallest absolute Gasteiger partial charge is 0.147 e. The van der Waals surface area contributed by atoms with Crippen LogP contribution in [0.3, 0.4) is 0 Å². The molecule has 0 fully saturated rings. The van der Waals surface area contributed by atoms with E-state index in [4.69, 9.17) is 10.2 Å². The number of aromatic nitrogens is 5. The molecule has 3 aromatic heterocycles. The van der Waals surface area contributed by atoms with Gasteiger partial charge in [-0.05, 0) is 43.2 Å². The first-order valence-corrected chi connectivity index (χ1v) is 12.0. The molecule has 0 bridgehead atoms. The number of hydrogen-bond donors (Lipinski definition) is 0. The van der Waals surface area contributed by atoms with Gasteiger partial charge in [0.05, 0.1) is 35.6 Å². The molecule has 0 unspecified atom stereocenters. The number of pyridine rings is 2. The Morgan fingerprint density at radius 2 is 1.75 bits per heavy atom. The molecule has 0 saturated heterocycles. The van der Waals surface area contributed by atoms with Gasteiger partial charge in [-0.1, -0.05) is 54.1 Å². The molecular formula is C29H27N7. The fraction of sp³-hybridized carbons (Fsp3) is 0.207. The summed E-state index contributed by atoms with van der Waals surface area (Å²) in [7, 11) is 0. The average molecular weight is 474 g/mol. The highest BCUT2D eigenvalue weighted by atomic mass is 15.3. The van der Waals surface area contributed by atoms with Gasteiger partial charge < -0.3 is 4.57 Å². The third-order valence-electron chi connectivity index (χ3n) is 6.23. The van der Waals surface area contributed by atoms with Crippen LogP contribution in [0, 0.1) is 18.3 Å². The van der Waals surface area contributed by atoms with Crippen molar-refractivity contribution in [2.24, 2.45) is 0 Å². The lowest BCUT2D eigenvalue weighted by Crippen LogP contribution is -2.27. The molecule has 0 atom stereocenters. The van der Waals surface area contributed by atoms with E-state index in [1.807, 2.05) is 22.8 Å². The molecule has 3 heterocycles. The second-order valence-electron chi connectivity index (χ2n) is 8.97. The largest absolute Gasteiger partial charge is 0.310 e. The van der Waals surface area contributed by atoms with Crippen molar-refractivity contribution in [3.8, 4) is 6.07 Å². The van der Waals surface area contributed by atoms with Crippen molar-refractivity contribution >= 4 is 10.9 Å². The number of para-hydroxylation sites is 1. The van der Waals surface area contributed by atoms with Crippen LogP contribution in [0.25, 0.3) is 10.9 Å². The number of benzene rings is 2. The van der Waals surface area contributed by atoms with Crippen LogP contribution in [0.2, 0.25) is 0 Å². The highest BCUT2D eigenvalue weighted by molar-refractivity contribution is 5.78.